The van der Waals surface area contributed by atoms with Crippen molar-refractivity contribution in [2.24, 2.45) is 5.73 Å². The van der Waals surface area contributed by atoms with Crippen LogP contribution >= 0.6 is 11.6 Å². The summed E-state index contributed by atoms with van der Waals surface area (Å²) in [7, 11) is 0. The Morgan fingerprint density at radius 2 is 1.79 bits per heavy atom. The number of piperidine rings is 1. The van der Waals surface area contributed by atoms with Gasteiger partial charge in [0.2, 0.25) is 5.91 Å². The van der Waals surface area contributed by atoms with Gasteiger partial charge in [0.15, 0.2) is 0 Å². The van der Waals surface area contributed by atoms with E-state index in [4.69, 9.17) is 17.3 Å². The summed E-state index contributed by atoms with van der Waals surface area (Å²) < 4.78 is 0. The molecule has 0 unspecified atom stereocenters. The maximum absolute atomic E-state index is 13.3. The highest BCUT2D eigenvalue weighted by Crippen LogP contribution is 2.42. The Labute approximate surface area is 204 Å². The maximum atomic E-state index is 13.3. The highest BCUT2D eigenvalue weighted by atomic mass is 35.5. The van der Waals surface area contributed by atoms with Crippen molar-refractivity contribution in [2.45, 2.75) is 44.3 Å². The van der Waals surface area contributed by atoms with Crippen LogP contribution in [0, 0.1) is 6.92 Å². The molecule has 1 amide bonds. The molecule has 2 fully saturated rings. The fourth-order valence-corrected chi connectivity index (χ4v) is 6.05. The Balaban J connectivity index is 1.13. The molecule has 4 heterocycles. The predicted molar refractivity (Wildman–Crippen MR) is 137 cm³/mol. The van der Waals surface area contributed by atoms with Gasteiger partial charge in [-0.1, -0.05) is 23.7 Å². The number of carbonyl (C=O) groups is 1. The van der Waals surface area contributed by atoms with Crippen LogP contribution in [-0.2, 0) is 11.3 Å². The molecule has 2 aromatic carbocycles. The molecule has 0 radical (unpaired) electrons. The van der Waals surface area contributed by atoms with Gasteiger partial charge in [0.05, 0.1) is 0 Å². The van der Waals surface area contributed by atoms with E-state index in [0.29, 0.717) is 0 Å². The van der Waals surface area contributed by atoms with Crippen LogP contribution in [0.15, 0.2) is 48.8 Å². The average molecular weight is 476 g/mol. The van der Waals surface area contributed by atoms with Crippen molar-refractivity contribution < 1.29 is 4.79 Å². The molecule has 6 nitrogen and oxygen atoms in total. The number of halogens is 1. The van der Waals surface area contributed by atoms with Gasteiger partial charge in [-0.2, -0.15) is 0 Å². The van der Waals surface area contributed by atoms with E-state index in [1.54, 1.807) is 0 Å². The van der Waals surface area contributed by atoms with E-state index in [2.05, 4.69) is 46.2 Å². The van der Waals surface area contributed by atoms with E-state index in [1.807, 2.05) is 29.3 Å². The third kappa shape index (κ3) is 3.52. The summed E-state index contributed by atoms with van der Waals surface area (Å²) in [6.07, 6.45) is 7.15. The van der Waals surface area contributed by atoms with Crippen molar-refractivity contribution in [1.29, 1.82) is 0 Å². The third-order valence-corrected chi connectivity index (χ3v) is 8.32. The quantitative estimate of drug-likeness (QED) is 0.393. The molecular formula is C27H30ClN5O. The third-order valence-electron chi connectivity index (χ3n) is 8.08. The molecule has 176 valence electrons. The average Bonchev–Trinajstić information content (AvgIpc) is 3.44. The van der Waals surface area contributed by atoms with Crippen LogP contribution in [0.25, 0.3) is 21.8 Å². The minimum absolute atomic E-state index is 0.0217. The summed E-state index contributed by atoms with van der Waals surface area (Å²) in [5, 5.41) is 2.99. The van der Waals surface area contributed by atoms with Gasteiger partial charge in [0.1, 0.15) is 6.04 Å². The molecule has 2 aliphatic heterocycles. The zero-order valence-electron chi connectivity index (χ0n) is 19.4. The molecule has 34 heavy (non-hydrogen) atoms. The largest absolute Gasteiger partial charge is 0.361 e. The lowest BCUT2D eigenvalue weighted by Crippen LogP contribution is -2.64. The first-order valence-electron chi connectivity index (χ1n) is 12.1. The zero-order chi connectivity index (χ0) is 23.4. The number of aryl methyl sites for hydroxylation is 1. The number of H-pyrrole nitrogens is 2. The first kappa shape index (κ1) is 21.7. The number of hydrogen-bond donors (Lipinski definition) is 3. The Kier molecular flexibility index (Phi) is 5.21. The molecule has 4 aromatic rings. The molecule has 7 heteroatoms. The number of nitrogens with two attached hydrogens (primary N) is 1. The fraction of sp³-hybridized carbons (Fsp3) is 0.370. The topological polar surface area (TPSA) is 81.2 Å². The first-order valence-corrected chi connectivity index (χ1v) is 12.4. The van der Waals surface area contributed by atoms with Gasteiger partial charge in [0, 0.05) is 76.5 Å². The molecule has 2 aromatic heterocycles. The molecule has 1 atom stereocenters. The second-order valence-electron chi connectivity index (χ2n) is 10.00. The van der Waals surface area contributed by atoms with Crippen LogP contribution < -0.4 is 5.73 Å². The minimum atomic E-state index is -0.640. The number of fused-ring (bicyclic) bond motifs is 2. The molecule has 1 spiro atoms. The van der Waals surface area contributed by atoms with Crippen molar-refractivity contribution in [3.63, 3.8) is 0 Å². The van der Waals surface area contributed by atoms with Gasteiger partial charge in [-0.25, -0.2) is 0 Å². The van der Waals surface area contributed by atoms with Gasteiger partial charge >= 0.3 is 0 Å². The van der Waals surface area contributed by atoms with Crippen LogP contribution in [-0.4, -0.2) is 50.8 Å². The molecule has 0 saturated carbocycles. The molecule has 2 saturated heterocycles. The molecular weight excluding hydrogens is 446 g/mol. The van der Waals surface area contributed by atoms with E-state index in [0.717, 1.165) is 66.0 Å². The van der Waals surface area contributed by atoms with Crippen molar-refractivity contribution >= 4 is 39.3 Å². The van der Waals surface area contributed by atoms with Gasteiger partial charge < -0.3 is 20.6 Å². The first-order chi connectivity index (χ1) is 16.4. The van der Waals surface area contributed by atoms with E-state index < -0.39 is 6.04 Å². The number of aromatic amines is 2. The number of hydrogen-bond acceptors (Lipinski definition) is 3. The molecule has 2 aliphatic rings. The normalized spacial score (nSPS) is 19.1. The number of benzene rings is 2. The monoisotopic (exact) mass is 475 g/mol. The number of rotatable bonds is 4. The Morgan fingerprint density at radius 1 is 1.03 bits per heavy atom. The minimum Gasteiger partial charge on any atom is -0.361 e. The fourth-order valence-electron chi connectivity index (χ4n) is 5.88. The van der Waals surface area contributed by atoms with E-state index >= 15 is 0 Å². The highest BCUT2D eigenvalue weighted by Gasteiger charge is 2.47. The smallest absolute Gasteiger partial charge is 0.244 e. The number of carbonyl (C=O) groups excluding carboxylic acids is 1. The Bertz CT molecular complexity index is 1380. The number of aromatic nitrogens is 2. The maximum Gasteiger partial charge on any atom is 0.244 e. The molecule has 4 N–H and O–H groups in total. The summed E-state index contributed by atoms with van der Waals surface area (Å²) in [6, 6.07) is 11.6. The van der Waals surface area contributed by atoms with Crippen molar-refractivity contribution in [3.05, 3.63) is 70.5 Å². The lowest BCUT2D eigenvalue weighted by molar-refractivity contribution is -0.138. The van der Waals surface area contributed by atoms with Crippen LogP contribution in [0.2, 0.25) is 5.02 Å². The lowest BCUT2D eigenvalue weighted by atomic mass is 9.76. The van der Waals surface area contributed by atoms with Crippen molar-refractivity contribution in [1.82, 2.24) is 19.8 Å². The number of likely N-dealkylation sites (tertiary alicyclic amines) is 2. The number of nitrogens with one attached hydrogen (secondary N) is 2. The molecule has 6 rings (SSSR count). The van der Waals surface area contributed by atoms with Crippen LogP contribution in [0.4, 0.5) is 0 Å². The van der Waals surface area contributed by atoms with Crippen LogP contribution in [0.5, 0.6) is 0 Å². The summed E-state index contributed by atoms with van der Waals surface area (Å²) >= 11 is 6.24. The summed E-state index contributed by atoms with van der Waals surface area (Å²) in [5.74, 6) is 0.0217. The van der Waals surface area contributed by atoms with Gasteiger partial charge in [-0.15, -0.1) is 0 Å². The number of amides is 1. The van der Waals surface area contributed by atoms with E-state index in [9.17, 15) is 4.79 Å². The van der Waals surface area contributed by atoms with Crippen molar-refractivity contribution in [2.75, 3.05) is 19.6 Å². The second kappa shape index (κ2) is 8.15. The second-order valence-corrected chi connectivity index (χ2v) is 10.4. The summed E-state index contributed by atoms with van der Waals surface area (Å²) in [4.78, 5) is 24.5. The molecule has 0 aliphatic carbocycles. The van der Waals surface area contributed by atoms with Crippen LogP contribution in [0.1, 0.15) is 42.0 Å². The Morgan fingerprint density at radius 3 is 2.56 bits per heavy atom. The van der Waals surface area contributed by atoms with E-state index in [1.165, 1.54) is 22.9 Å². The highest BCUT2D eigenvalue weighted by molar-refractivity contribution is 6.31. The van der Waals surface area contributed by atoms with Crippen molar-refractivity contribution in [3.8, 4) is 0 Å². The molecule has 0 bridgehead atoms. The van der Waals surface area contributed by atoms with Gasteiger partial charge in [0.25, 0.3) is 0 Å². The summed E-state index contributed by atoms with van der Waals surface area (Å²) in [5.41, 5.74) is 12.2. The zero-order valence-corrected chi connectivity index (χ0v) is 20.2. The lowest BCUT2D eigenvalue weighted by Gasteiger charge is -2.56. The summed E-state index contributed by atoms with van der Waals surface area (Å²) in [6.45, 7) is 5.57. The number of nitrogens with zero attached hydrogens (tertiary/aromatic N) is 2. The van der Waals surface area contributed by atoms with Gasteiger partial charge in [-0.05, 0) is 61.6 Å². The SMILES string of the molecule is Cc1ccc2c([C@H](N)C(=O)N3CCC4(CC3)CCN4Cc3c[nH]c4ccc(Cl)cc34)c[nH]c2c1. The standard InChI is InChI=1S/C27H30ClN5O/c1-17-2-4-20-22(15-31-24(20)12-17)25(29)26(34)32-9-6-27(7-10-32)8-11-33(27)16-18-14-30-23-5-3-19(28)13-21(18)23/h2-5,12-15,25,30-31H,6-11,16,29H2,1H3/t25-/m0/s1. The van der Waals surface area contributed by atoms with Crippen LogP contribution in [0.3, 0.4) is 0 Å². The van der Waals surface area contributed by atoms with Gasteiger partial charge in [-0.3, -0.25) is 9.69 Å². The Hall–Kier alpha value is -2.80. The van der Waals surface area contributed by atoms with E-state index in [-0.39, 0.29) is 11.4 Å². The predicted octanol–water partition coefficient (Wildman–Crippen LogP) is 4.88.